The second-order valence-corrected chi connectivity index (χ2v) is 9.93. The van der Waals surface area contributed by atoms with Crippen LogP contribution in [0, 0.1) is 10.8 Å². The first kappa shape index (κ1) is 17.9. The summed E-state index contributed by atoms with van der Waals surface area (Å²) in [5.74, 6) is 0.742. The molecule has 0 saturated carbocycles. The molecule has 0 amide bonds. The number of hydrogen-bond donors (Lipinski definition) is 0. The Morgan fingerprint density at radius 3 is 2.30 bits per heavy atom. The summed E-state index contributed by atoms with van der Waals surface area (Å²) in [6.07, 6.45) is 1.12. The molecule has 0 bridgehead atoms. The molecule has 0 aliphatic rings. The van der Waals surface area contributed by atoms with E-state index in [-0.39, 0.29) is 5.41 Å². The normalized spacial score (nSPS) is 12.7. The summed E-state index contributed by atoms with van der Waals surface area (Å²) in [6, 6.07) is 8.84. The Labute approximate surface area is 132 Å². The van der Waals surface area contributed by atoms with Gasteiger partial charge in [-0.15, -0.1) is 0 Å². The summed E-state index contributed by atoms with van der Waals surface area (Å²) < 4.78 is 5.67. The lowest BCUT2D eigenvalue weighted by atomic mass is 9.88. The summed E-state index contributed by atoms with van der Waals surface area (Å²) in [5, 5.41) is 0. The fraction of sp³-hybridized carbons (Fsp3) is 0.647. The van der Waals surface area contributed by atoms with Crippen molar-refractivity contribution in [2.24, 2.45) is 10.8 Å². The summed E-state index contributed by atoms with van der Waals surface area (Å²) >= 11 is 0. The summed E-state index contributed by atoms with van der Waals surface area (Å²) in [7, 11) is 3.57. The van der Waals surface area contributed by atoms with Crippen LogP contribution in [-0.4, -0.2) is 12.5 Å². The van der Waals surface area contributed by atoms with E-state index in [1.54, 1.807) is 21.6 Å². The number of rotatable bonds is 6. The topological polar surface area (TPSA) is 9.23 Å². The molecule has 1 aromatic rings. The average molecular weight is 313 g/mol. The molecule has 1 rings (SSSR count). The smallest absolute Gasteiger partial charge is 0.103 e. The zero-order valence-electron chi connectivity index (χ0n) is 13.7. The van der Waals surface area contributed by atoms with E-state index in [4.69, 9.17) is 4.74 Å². The van der Waals surface area contributed by atoms with E-state index < -0.39 is 0 Å². The maximum absolute atomic E-state index is 5.67. The van der Waals surface area contributed by atoms with E-state index in [2.05, 4.69) is 65.8 Å². The third kappa shape index (κ3) is 8.93. The van der Waals surface area contributed by atoms with Crippen molar-refractivity contribution < 1.29 is 4.74 Å². The Bertz CT molecular complexity index is 402. The van der Waals surface area contributed by atoms with Gasteiger partial charge in [0.25, 0.3) is 0 Å². The monoisotopic (exact) mass is 312 g/mol. The first-order chi connectivity index (χ1) is 9.16. The van der Waals surface area contributed by atoms with Crippen LogP contribution in [0.15, 0.2) is 29.2 Å². The van der Waals surface area contributed by atoms with Crippen LogP contribution in [0.5, 0.6) is 0 Å². The van der Waals surface area contributed by atoms with Gasteiger partial charge in [0.05, 0.1) is 6.61 Å². The zero-order chi connectivity index (χ0) is 15.2. The number of hydrogen-bond acceptors (Lipinski definition) is 3. The number of ether oxygens (including phenoxy) is 1. The Morgan fingerprint density at radius 2 is 1.70 bits per heavy atom. The molecule has 1 nitrogen and oxygen atoms in total. The van der Waals surface area contributed by atoms with E-state index >= 15 is 0 Å². The highest BCUT2D eigenvalue weighted by molar-refractivity contribution is 8.76. The third-order valence-electron chi connectivity index (χ3n) is 2.45. The van der Waals surface area contributed by atoms with Crippen LogP contribution in [0.3, 0.4) is 0 Å². The molecule has 0 aliphatic carbocycles. The molecule has 0 radical (unpaired) electrons. The molecule has 3 heteroatoms. The van der Waals surface area contributed by atoms with E-state index in [0.717, 1.165) is 19.0 Å². The standard InChI is InChI=1S/C17H28OS2/c1-16(2,3)11-14-8-7-9-15(10-14)20-19-13-18-12-17(4,5)6/h7-10H,11-13H2,1-6H3. The maximum Gasteiger partial charge on any atom is 0.103 e. The Kier molecular flexibility index (Phi) is 6.96. The zero-order valence-corrected chi connectivity index (χ0v) is 15.3. The summed E-state index contributed by atoms with van der Waals surface area (Å²) in [4.78, 5) is 1.32. The molecule has 114 valence electrons. The van der Waals surface area contributed by atoms with Gasteiger partial charge in [0.1, 0.15) is 5.94 Å². The van der Waals surface area contributed by atoms with Gasteiger partial charge < -0.3 is 4.74 Å². The van der Waals surface area contributed by atoms with Gasteiger partial charge in [-0.3, -0.25) is 0 Å². The van der Waals surface area contributed by atoms with Crippen molar-refractivity contribution in [2.75, 3.05) is 12.5 Å². The lowest BCUT2D eigenvalue weighted by Gasteiger charge is -2.18. The van der Waals surface area contributed by atoms with Gasteiger partial charge in [-0.25, -0.2) is 0 Å². The molecule has 0 fully saturated rings. The van der Waals surface area contributed by atoms with E-state index in [9.17, 15) is 0 Å². The van der Waals surface area contributed by atoms with Crippen LogP contribution in [0.2, 0.25) is 0 Å². The Hall–Kier alpha value is -0.120. The Balaban J connectivity index is 2.36. The van der Waals surface area contributed by atoms with Gasteiger partial charge in [0.2, 0.25) is 0 Å². The van der Waals surface area contributed by atoms with Gasteiger partial charge in [0.15, 0.2) is 0 Å². The van der Waals surface area contributed by atoms with Gasteiger partial charge in [-0.2, -0.15) is 0 Å². The summed E-state index contributed by atoms with van der Waals surface area (Å²) in [6.45, 7) is 14.2. The second kappa shape index (κ2) is 7.77. The van der Waals surface area contributed by atoms with Crippen LogP contribution in [0.4, 0.5) is 0 Å². The van der Waals surface area contributed by atoms with Crippen molar-refractivity contribution in [3.05, 3.63) is 29.8 Å². The first-order valence-corrected chi connectivity index (χ1v) is 9.44. The second-order valence-electron chi connectivity index (χ2n) is 7.61. The molecule has 0 aliphatic heterocycles. The minimum Gasteiger partial charge on any atom is -0.369 e. The van der Waals surface area contributed by atoms with Crippen LogP contribution >= 0.6 is 21.6 Å². The molecule has 0 aromatic heterocycles. The maximum atomic E-state index is 5.67. The predicted molar refractivity (Wildman–Crippen MR) is 93.3 cm³/mol. The lowest BCUT2D eigenvalue weighted by Crippen LogP contribution is -2.13. The Morgan fingerprint density at radius 1 is 1.00 bits per heavy atom. The predicted octanol–water partition coefficient (Wildman–Crippen LogP) is 6.04. The van der Waals surface area contributed by atoms with Gasteiger partial charge in [-0.05, 0) is 34.9 Å². The molecule has 1 aromatic carbocycles. The fourth-order valence-corrected chi connectivity index (χ4v) is 3.53. The molecule has 0 N–H and O–H groups in total. The first-order valence-electron chi connectivity index (χ1n) is 7.12. The van der Waals surface area contributed by atoms with E-state index in [0.29, 0.717) is 5.41 Å². The van der Waals surface area contributed by atoms with Crippen molar-refractivity contribution in [3.63, 3.8) is 0 Å². The SMILES string of the molecule is CC(C)(C)COCSSc1cccc(CC(C)(C)C)c1. The van der Waals surface area contributed by atoms with Crippen molar-refractivity contribution in [1.29, 1.82) is 0 Å². The molecule has 0 heterocycles. The van der Waals surface area contributed by atoms with Crippen molar-refractivity contribution >= 4 is 21.6 Å². The molecule has 0 saturated heterocycles. The molecular weight excluding hydrogens is 284 g/mol. The molecular formula is C17H28OS2. The number of benzene rings is 1. The minimum absolute atomic E-state index is 0.248. The quantitative estimate of drug-likeness (QED) is 0.360. The molecule has 0 atom stereocenters. The van der Waals surface area contributed by atoms with Crippen LogP contribution in [-0.2, 0) is 11.2 Å². The third-order valence-corrected chi connectivity index (χ3v) is 4.50. The van der Waals surface area contributed by atoms with Crippen LogP contribution in [0.1, 0.15) is 47.1 Å². The highest BCUT2D eigenvalue weighted by atomic mass is 33.1. The highest BCUT2D eigenvalue weighted by Gasteiger charge is 2.12. The van der Waals surface area contributed by atoms with Crippen molar-refractivity contribution in [3.8, 4) is 0 Å². The van der Waals surface area contributed by atoms with Crippen molar-refractivity contribution in [1.82, 2.24) is 0 Å². The van der Waals surface area contributed by atoms with Crippen LogP contribution < -0.4 is 0 Å². The van der Waals surface area contributed by atoms with Gasteiger partial charge >= 0.3 is 0 Å². The van der Waals surface area contributed by atoms with Gasteiger partial charge in [0, 0.05) is 4.90 Å². The van der Waals surface area contributed by atoms with Gasteiger partial charge in [-0.1, -0.05) is 75.3 Å². The highest BCUT2D eigenvalue weighted by Crippen LogP contribution is 2.33. The summed E-state index contributed by atoms with van der Waals surface area (Å²) in [5.41, 5.74) is 2.00. The van der Waals surface area contributed by atoms with E-state index in [1.165, 1.54) is 10.5 Å². The van der Waals surface area contributed by atoms with Crippen molar-refractivity contribution in [2.45, 2.75) is 52.9 Å². The van der Waals surface area contributed by atoms with Crippen LogP contribution in [0.25, 0.3) is 0 Å². The van der Waals surface area contributed by atoms with E-state index in [1.807, 2.05) is 0 Å². The molecule has 0 unspecified atom stereocenters. The largest absolute Gasteiger partial charge is 0.369 e. The minimum atomic E-state index is 0.248. The fourth-order valence-electron chi connectivity index (χ4n) is 1.79. The molecule has 0 spiro atoms. The average Bonchev–Trinajstić information content (AvgIpc) is 2.25. The molecule has 20 heavy (non-hydrogen) atoms. The lowest BCUT2D eigenvalue weighted by molar-refractivity contribution is 0.106.